The van der Waals surface area contributed by atoms with Gasteiger partial charge in [-0.3, -0.25) is 0 Å². The van der Waals surface area contributed by atoms with Gasteiger partial charge < -0.3 is 15.0 Å². The second-order valence-corrected chi connectivity index (χ2v) is 2.49. The van der Waals surface area contributed by atoms with Crippen molar-refractivity contribution in [2.45, 2.75) is 20.4 Å². The van der Waals surface area contributed by atoms with Crippen molar-refractivity contribution in [2.24, 2.45) is 5.73 Å². The van der Waals surface area contributed by atoms with Gasteiger partial charge in [0.25, 0.3) is 0 Å². The first-order valence-electron chi connectivity index (χ1n) is 4.03. The highest BCUT2D eigenvalue weighted by Gasteiger charge is 2.19. The third-order valence-corrected chi connectivity index (χ3v) is 1.60. The summed E-state index contributed by atoms with van der Waals surface area (Å²) < 4.78 is 9.65. The van der Waals surface area contributed by atoms with E-state index in [9.17, 15) is 4.79 Å². The lowest BCUT2D eigenvalue weighted by Crippen LogP contribution is -2.09. The molecule has 5 heteroatoms. The van der Waals surface area contributed by atoms with Crippen LogP contribution in [0.5, 0.6) is 0 Å². The van der Waals surface area contributed by atoms with Crippen LogP contribution < -0.4 is 5.73 Å². The molecule has 0 radical (unpaired) electrons. The van der Waals surface area contributed by atoms with Crippen LogP contribution in [0.25, 0.3) is 0 Å². The summed E-state index contributed by atoms with van der Waals surface area (Å²) in [5, 5.41) is 3.63. The van der Waals surface area contributed by atoms with Crippen molar-refractivity contribution in [2.75, 3.05) is 6.61 Å². The van der Waals surface area contributed by atoms with Gasteiger partial charge in [-0.25, -0.2) is 4.79 Å². The zero-order valence-corrected chi connectivity index (χ0v) is 7.66. The molecule has 2 N–H and O–H groups in total. The minimum absolute atomic E-state index is 0.148. The number of ether oxygens (including phenoxy) is 1. The van der Waals surface area contributed by atoms with Crippen molar-refractivity contribution >= 4 is 5.97 Å². The van der Waals surface area contributed by atoms with Gasteiger partial charge in [0, 0.05) is 0 Å². The van der Waals surface area contributed by atoms with Crippen LogP contribution in [-0.2, 0) is 11.3 Å². The van der Waals surface area contributed by atoms with Gasteiger partial charge in [0.15, 0.2) is 5.76 Å². The third-order valence-electron chi connectivity index (χ3n) is 1.60. The summed E-state index contributed by atoms with van der Waals surface area (Å²) in [5.74, 6) is -0.0577. The molecule has 0 fully saturated rings. The lowest BCUT2D eigenvalue weighted by Gasteiger charge is -1.99. The molecule has 1 aromatic rings. The Bertz CT molecular complexity index is 306. The summed E-state index contributed by atoms with van der Waals surface area (Å²) in [6.45, 7) is 3.89. The molecule has 0 aliphatic carbocycles. The summed E-state index contributed by atoms with van der Waals surface area (Å²) in [5.41, 5.74) is 6.22. The van der Waals surface area contributed by atoms with Gasteiger partial charge in [0.05, 0.1) is 18.8 Å². The van der Waals surface area contributed by atoms with E-state index in [4.69, 9.17) is 15.0 Å². The van der Waals surface area contributed by atoms with Crippen LogP contribution in [0.3, 0.4) is 0 Å². The fraction of sp³-hybridized carbons (Fsp3) is 0.500. The molecule has 0 bridgehead atoms. The van der Waals surface area contributed by atoms with Gasteiger partial charge in [-0.2, -0.15) is 0 Å². The molecule has 72 valence electrons. The van der Waals surface area contributed by atoms with E-state index in [-0.39, 0.29) is 6.54 Å². The number of aromatic nitrogens is 1. The average molecular weight is 184 g/mol. The first-order chi connectivity index (χ1) is 6.20. The van der Waals surface area contributed by atoms with Gasteiger partial charge in [-0.15, -0.1) is 0 Å². The average Bonchev–Trinajstić information content (AvgIpc) is 2.47. The van der Waals surface area contributed by atoms with E-state index in [2.05, 4.69) is 5.16 Å². The second-order valence-electron chi connectivity index (χ2n) is 2.49. The lowest BCUT2D eigenvalue weighted by atomic mass is 10.2. The quantitative estimate of drug-likeness (QED) is 0.696. The Hall–Kier alpha value is -1.36. The molecule has 0 unspecified atom stereocenters. The Balaban J connectivity index is 2.96. The van der Waals surface area contributed by atoms with Crippen LogP contribution in [-0.4, -0.2) is 17.7 Å². The van der Waals surface area contributed by atoms with Crippen LogP contribution in [0, 0.1) is 6.92 Å². The summed E-state index contributed by atoms with van der Waals surface area (Å²) in [6.07, 6.45) is 0. The molecule has 0 aliphatic heterocycles. The number of carbonyl (C=O) groups is 1. The Labute approximate surface area is 75.8 Å². The van der Waals surface area contributed by atoms with Gasteiger partial charge in [-0.1, -0.05) is 5.16 Å². The van der Waals surface area contributed by atoms with Gasteiger partial charge in [0.1, 0.15) is 5.56 Å². The van der Waals surface area contributed by atoms with Crippen LogP contribution in [0.1, 0.15) is 28.7 Å². The van der Waals surface area contributed by atoms with E-state index < -0.39 is 5.97 Å². The molecular weight excluding hydrogens is 172 g/mol. The van der Waals surface area contributed by atoms with E-state index >= 15 is 0 Å². The van der Waals surface area contributed by atoms with E-state index in [1.54, 1.807) is 13.8 Å². The molecule has 13 heavy (non-hydrogen) atoms. The molecule has 5 nitrogen and oxygen atoms in total. The van der Waals surface area contributed by atoms with Crippen molar-refractivity contribution in [3.63, 3.8) is 0 Å². The van der Waals surface area contributed by atoms with Crippen LogP contribution in [0.2, 0.25) is 0 Å². The molecule has 0 amide bonds. The predicted octanol–water partition coefficient (Wildman–Crippen LogP) is 0.618. The van der Waals surface area contributed by atoms with Crippen molar-refractivity contribution in [3.05, 3.63) is 17.0 Å². The monoisotopic (exact) mass is 184 g/mol. The highest BCUT2D eigenvalue weighted by molar-refractivity contribution is 5.91. The highest BCUT2D eigenvalue weighted by Crippen LogP contribution is 2.13. The van der Waals surface area contributed by atoms with Gasteiger partial charge >= 0.3 is 5.97 Å². The first-order valence-corrected chi connectivity index (χ1v) is 4.03. The Morgan fingerprint density at radius 3 is 2.92 bits per heavy atom. The molecule has 1 rings (SSSR count). The van der Waals surface area contributed by atoms with E-state index in [1.165, 1.54) is 0 Å². The molecular formula is C8H12N2O3. The van der Waals surface area contributed by atoms with E-state index in [1.807, 2.05) is 0 Å². The Kier molecular flexibility index (Phi) is 3.02. The van der Waals surface area contributed by atoms with Crippen molar-refractivity contribution < 1.29 is 14.1 Å². The number of esters is 1. The molecule has 1 aromatic heterocycles. The number of aryl methyl sites for hydroxylation is 1. The maximum Gasteiger partial charge on any atom is 0.343 e. The molecule has 0 saturated heterocycles. The van der Waals surface area contributed by atoms with E-state index in [0.29, 0.717) is 23.6 Å². The Morgan fingerprint density at radius 1 is 1.69 bits per heavy atom. The number of nitrogens with zero attached hydrogens (tertiary/aromatic N) is 1. The molecule has 0 aromatic carbocycles. The topological polar surface area (TPSA) is 78.3 Å². The summed E-state index contributed by atoms with van der Waals surface area (Å²) in [4.78, 5) is 11.3. The SMILES string of the molecule is CCOC(=O)c1c(C)noc1CN. The molecule has 0 spiro atoms. The maximum atomic E-state index is 11.3. The predicted molar refractivity (Wildman–Crippen MR) is 45.1 cm³/mol. The molecule has 1 heterocycles. The third kappa shape index (κ3) is 1.86. The number of carbonyl (C=O) groups excluding carboxylic acids is 1. The maximum absolute atomic E-state index is 11.3. The van der Waals surface area contributed by atoms with Crippen LogP contribution in [0.4, 0.5) is 0 Å². The first kappa shape index (κ1) is 9.73. The van der Waals surface area contributed by atoms with Crippen LogP contribution in [0.15, 0.2) is 4.52 Å². The van der Waals surface area contributed by atoms with Gasteiger partial charge in [-0.05, 0) is 13.8 Å². The highest BCUT2D eigenvalue weighted by atomic mass is 16.5. The fourth-order valence-corrected chi connectivity index (χ4v) is 1.02. The Morgan fingerprint density at radius 2 is 2.38 bits per heavy atom. The smallest absolute Gasteiger partial charge is 0.343 e. The largest absolute Gasteiger partial charge is 0.462 e. The fourth-order valence-electron chi connectivity index (χ4n) is 1.02. The summed E-state index contributed by atoms with van der Waals surface area (Å²) in [7, 11) is 0. The summed E-state index contributed by atoms with van der Waals surface area (Å²) in [6, 6.07) is 0. The zero-order chi connectivity index (χ0) is 9.84. The van der Waals surface area contributed by atoms with Crippen molar-refractivity contribution in [1.29, 1.82) is 0 Å². The number of hydrogen-bond donors (Lipinski definition) is 1. The lowest BCUT2D eigenvalue weighted by molar-refractivity contribution is 0.0523. The number of nitrogens with two attached hydrogens (primary N) is 1. The van der Waals surface area contributed by atoms with Gasteiger partial charge in [0.2, 0.25) is 0 Å². The van der Waals surface area contributed by atoms with Crippen LogP contribution >= 0.6 is 0 Å². The standard InChI is InChI=1S/C8H12N2O3/c1-3-12-8(11)7-5(2)10-13-6(7)4-9/h3-4,9H2,1-2H3. The second kappa shape index (κ2) is 4.04. The van der Waals surface area contributed by atoms with Crippen molar-refractivity contribution in [3.8, 4) is 0 Å². The number of hydrogen-bond acceptors (Lipinski definition) is 5. The zero-order valence-electron chi connectivity index (χ0n) is 7.66. The minimum Gasteiger partial charge on any atom is -0.462 e. The molecule has 0 aliphatic rings. The molecule has 0 saturated carbocycles. The minimum atomic E-state index is -0.429. The normalized spacial score (nSPS) is 10.1. The van der Waals surface area contributed by atoms with E-state index in [0.717, 1.165) is 0 Å². The number of rotatable bonds is 3. The summed E-state index contributed by atoms with van der Waals surface area (Å²) >= 11 is 0. The molecule has 0 atom stereocenters. The van der Waals surface area contributed by atoms with Crippen molar-refractivity contribution in [1.82, 2.24) is 5.16 Å².